The number of nitrogens with zero attached hydrogens (tertiary/aromatic N) is 4. The molecule has 0 saturated carbocycles. The zero-order valence-electron chi connectivity index (χ0n) is 10.3. The second kappa shape index (κ2) is 6.81. The summed E-state index contributed by atoms with van der Waals surface area (Å²) in [5, 5.41) is 15.7. The van der Waals surface area contributed by atoms with E-state index in [9.17, 15) is 0 Å². The van der Waals surface area contributed by atoms with Crippen molar-refractivity contribution in [3.63, 3.8) is 0 Å². The predicted molar refractivity (Wildman–Crippen MR) is 72.8 cm³/mol. The van der Waals surface area contributed by atoms with Crippen molar-refractivity contribution >= 4 is 23.2 Å². The Morgan fingerprint density at radius 1 is 1.32 bits per heavy atom. The summed E-state index contributed by atoms with van der Waals surface area (Å²) in [5.41, 5.74) is 0.583. The van der Waals surface area contributed by atoms with Gasteiger partial charge >= 0.3 is 0 Å². The first-order chi connectivity index (χ1) is 9.24. The van der Waals surface area contributed by atoms with Gasteiger partial charge in [0.25, 0.3) is 0 Å². The Morgan fingerprint density at radius 3 is 2.74 bits per heavy atom. The molecule has 0 radical (unpaired) electrons. The average molecular weight is 302 g/mol. The van der Waals surface area contributed by atoms with Crippen LogP contribution >= 0.6 is 23.2 Å². The largest absolute Gasteiger partial charge is 0.383 e. The molecule has 6 nitrogen and oxygen atoms in total. The molecule has 0 spiro atoms. The van der Waals surface area contributed by atoms with Crippen LogP contribution in [0.3, 0.4) is 0 Å². The molecule has 0 amide bonds. The van der Waals surface area contributed by atoms with Gasteiger partial charge in [0.05, 0.1) is 23.2 Å². The Labute approximate surface area is 120 Å². The van der Waals surface area contributed by atoms with Crippen LogP contribution in [-0.4, -0.2) is 40.5 Å². The molecular weight excluding hydrogens is 289 g/mol. The summed E-state index contributed by atoms with van der Waals surface area (Å²) in [6.45, 7) is 1.83. The predicted octanol–water partition coefficient (Wildman–Crippen LogP) is 1.71. The SMILES string of the molecule is COCCNCc1nnnn1-c1c(Cl)cccc1Cl. The number of hydrogen-bond acceptors (Lipinski definition) is 5. The smallest absolute Gasteiger partial charge is 0.170 e. The van der Waals surface area contributed by atoms with Crippen LogP contribution in [-0.2, 0) is 11.3 Å². The van der Waals surface area contributed by atoms with Crippen molar-refractivity contribution in [2.24, 2.45) is 0 Å². The van der Waals surface area contributed by atoms with E-state index in [1.807, 2.05) is 0 Å². The minimum absolute atomic E-state index is 0.498. The molecule has 0 aliphatic rings. The molecule has 102 valence electrons. The maximum atomic E-state index is 6.14. The quantitative estimate of drug-likeness (QED) is 0.823. The van der Waals surface area contributed by atoms with Gasteiger partial charge in [0, 0.05) is 13.7 Å². The number of rotatable bonds is 6. The summed E-state index contributed by atoms with van der Waals surface area (Å²) >= 11 is 12.3. The highest BCUT2D eigenvalue weighted by Gasteiger charge is 2.14. The van der Waals surface area contributed by atoms with Crippen molar-refractivity contribution in [1.29, 1.82) is 0 Å². The molecule has 1 N–H and O–H groups in total. The fourth-order valence-corrected chi connectivity index (χ4v) is 2.11. The summed E-state index contributed by atoms with van der Waals surface area (Å²) in [7, 11) is 1.65. The van der Waals surface area contributed by atoms with Crippen molar-refractivity contribution in [2.45, 2.75) is 6.54 Å². The first-order valence-corrected chi connectivity index (χ1v) is 6.41. The summed E-state index contributed by atoms with van der Waals surface area (Å²) in [6.07, 6.45) is 0. The molecule has 0 unspecified atom stereocenters. The van der Waals surface area contributed by atoms with E-state index >= 15 is 0 Å². The molecule has 0 atom stereocenters. The fourth-order valence-electron chi connectivity index (χ4n) is 1.56. The molecule has 1 aromatic heterocycles. The van der Waals surface area contributed by atoms with E-state index in [0.717, 1.165) is 0 Å². The first-order valence-electron chi connectivity index (χ1n) is 5.65. The van der Waals surface area contributed by atoms with Gasteiger partial charge in [-0.3, -0.25) is 0 Å². The van der Waals surface area contributed by atoms with Crippen LogP contribution in [0.5, 0.6) is 0 Å². The van der Waals surface area contributed by atoms with Crippen LogP contribution in [0, 0.1) is 0 Å². The number of ether oxygens (including phenoxy) is 1. The minimum atomic E-state index is 0.498. The Hall–Kier alpha value is -1.21. The van der Waals surface area contributed by atoms with E-state index in [2.05, 4.69) is 20.8 Å². The van der Waals surface area contributed by atoms with Crippen molar-refractivity contribution in [3.8, 4) is 5.69 Å². The average Bonchev–Trinajstić information content (AvgIpc) is 2.83. The number of hydrogen-bond donors (Lipinski definition) is 1. The Bertz CT molecular complexity index is 525. The number of para-hydroxylation sites is 1. The monoisotopic (exact) mass is 301 g/mol. The molecule has 0 aliphatic heterocycles. The number of aromatic nitrogens is 4. The van der Waals surface area contributed by atoms with E-state index in [0.29, 0.717) is 41.3 Å². The van der Waals surface area contributed by atoms with Gasteiger partial charge in [-0.25, -0.2) is 0 Å². The van der Waals surface area contributed by atoms with Gasteiger partial charge < -0.3 is 10.1 Å². The summed E-state index contributed by atoms with van der Waals surface area (Å²) in [6, 6.07) is 5.26. The van der Waals surface area contributed by atoms with E-state index in [1.54, 1.807) is 25.3 Å². The van der Waals surface area contributed by atoms with Gasteiger partial charge in [-0.05, 0) is 22.6 Å². The third-order valence-corrected chi connectivity index (χ3v) is 3.06. The van der Waals surface area contributed by atoms with Gasteiger partial charge in [-0.2, -0.15) is 4.68 Å². The minimum Gasteiger partial charge on any atom is -0.383 e. The fraction of sp³-hybridized carbons (Fsp3) is 0.364. The summed E-state index contributed by atoms with van der Waals surface area (Å²) in [4.78, 5) is 0. The van der Waals surface area contributed by atoms with Crippen molar-refractivity contribution in [1.82, 2.24) is 25.5 Å². The maximum Gasteiger partial charge on any atom is 0.170 e. The zero-order chi connectivity index (χ0) is 13.7. The number of halogens is 2. The van der Waals surface area contributed by atoms with Crippen LogP contribution in [0.4, 0.5) is 0 Å². The van der Waals surface area contributed by atoms with Crippen LogP contribution in [0.15, 0.2) is 18.2 Å². The number of methoxy groups -OCH3 is 1. The highest BCUT2D eigenvalue weighted by Crippen LogP contribution is 2.27. The Morgan fingerprint density at radius 2 is 2.05 bits per heavy atom. The molecular formula is C11H13Cl2N5O. The summed E-state index contributed by atoms with van der Waals surface area (Å²) < 4.78 is 6.48. The topological polar surface area (TPSA) is 64.9 Å². The second-order valence-electron chi connectivity index (χ2n) is 3.75. The highest BCUT2D eigenvalue weighted by atomic mass is 35.5. The van der Waals surface area contributed by atoms with Gasteiger partial charge in [-0.15, -0.1) is 5.10 Å². The summed E-state index contributed by atoms with van der Waals surface area (Å²) in [5.74, 6) is 0.631. The standard InChI is InChI=1S/C11H13Cl2N5O/c1-19-6-5-14-7-10-15-16-17-18(10)11-8(12)3-2-4-9(11)13/h2-4,14H,5-7H2,1H3. The molecule has 2 rings (SSSR count). The molecule has 8 heteroatoms. The van der Waals surface area contributed by atoms with E-state index in [4.69, 9.17) is 27.9 Å². The lowest BCUT2D eigenvalue weighted by Gasteiger charge is -2.09. The molecule has 0 aliphatic carbocycles. The van der Waals surface area contributed by atoms with Crippen LogP contribution in [0.25, 0.3) is 5.69 Å². The molecule has 0 bridgehead atoms. The zero-order valence-corrected chi connectivity index (χ0v) is 11.8. The second-order valence-corrected chi connectivity index (χ2v) is 4.56. The first kappa shape index (κ1) is 14.2. The molecule has 0 fully saturated rings. The molecule has 19 heavy (non-hydrogen) atoms. The molecule has 2 aromatic rings. The lowest BCUT2D eigenvalue weighted by molar-refractivity contribution is 0.199. The normalized spacial score (nSPS) is 10.9. The van der Waals surface area contributed by atoms with Crippen LogP contribution in [0.1, 0.15) is 5.82 Å². The third kappa shape index (κ3) is 3.42. The highest BCUT2D eigenvalue weighted by molar-refractivity contribution is 6.37. The van der Waals surface area contributed by atoms with E-state index < -0.39 is 0 Å². The van der Waals surface area contributed by atoms with Crippen molar-refractivity contribution < 1.29 is 4.74 Å². The van der Waals surface area contributed by atoms with Crippen LogP contribution in [0.2, 0.25) is 10.0 Å². The van der Waals surface area contributed by atoms with E-state index in [-0.39, 0.29) is 0 Å². The molecule has 1 heterocycles. The van der Waals surface area contributed by atoms with Gasteiger partial charge in [0.1, 0.15) is 5.69 Å². The third-order valence-electron chi connectivity index (χ3n) is 2.45. The van der Waals surface area contributed by atoms with Crippen LogP contribution < -0.4 is 5.32 Å². The van der Waals surface area contributed by atoms with Gasteiger partial charge in [-0.1, -0.05) is 29.3 Å². The number of nitrogens with one attached hydrogen (secondary N) is 1. The molecule has 1 aromatic carbocycles. The Kier molecular flexibility index (Phi) is 5.09. The Balaban J connectivity index is 2.19. The maximum absolute atomic E-state index is 6.14. The van der Waals surface area contributed by atoms with Gasteiger partial charge in [0.2, 0.25) is 0 Å². The van der Waals surface area contributed by atoms with Gasteiger partial charge in [0.15, 0.2) is 5.82 Å². The van der Waals surface area contributed by atoms with E-state index in [1.165, 1.54) is 4.68 Å². The number of tetrazole rings is 1. The lowest BCUT2D eigenvalue weighted by atomic mass is 10.3. The van der Waals surface area contributed by atoms with Crippen molar-refractivity contribution in [3.05, 3.63) is 34.1 Å². The lowest BCUT2D eigenvalue weighted by Crippen LogP contribution is -2.21. The number of benzene rings is 1. The van der Waals surface area contributed by atoms with Crippen molar-refractivity contribution in [2.75, 3.05) is 20.3 Å². The molecule has 0 saturated heterocycles.